The highest BCUT2D eigenvalue weighted by Crippen LogP contribution is 2.40. The quantitative estimate of drug-likeness (QED) is 0.136. The lowest BCUT2D eigenvalue weighted by molar-refractivity contribution is -0.190. The number of rotatable bonds is 8. The van der Waals surface area contributed by atoms with Crippen molar-refractivity contribution >= 4 is 34.9 Å². The van der Waals surface area contributed by atoms with Crippen LogP contribution in [0.25, 0.3) is 0 Å². The van der Waals surface area contributed by atoms with Gasteiger partial charge >= 0.3 is 6.02 Å². The van der Waals surface area contributed by atoms with Crippen molar-refractivity contribution in [2.24, 2.45) is 4.99 Å². The molecule has 10 nitrogen and oxygen atoms in total. The molecular weight excluding hydrogens is 543 g/mol. The van der Waals surface area contributed by atoms with Gasteiger partial charge in [-0.1, -0.05) is 47.5 Å². The smallest absolute Gasteiger partial charge is 0.309 e. The molecule has 0 bridgehead atoms. The number of nitrogens with one attached hydrogen (secondary N) is 1. The van der Waals surface area contributed by atoms with Crippen LogP contribution in [0, 0.1) is 11.5 Å². The predicted octanol–water partition coefficient (Wildman–Crippen LogP) is 5.07. The summed E-state index contributed by atoms with van der Waals surface area (Å²) >= 11 is 12.6. The first-order valence-corrected chi connectivity index (χ1v) is 12.6. The second-order valence-electron chi connectivity index (χ2n) is 8.39. The molecule has 1 aliphatic rings. The van der Waals surface area contributed by atoms with Gasteiger partial charge in [-0.2, -0.15) is 15.4 Å². The number of hydrogen-bond donors (Lipinski definition) is 1. The molecule has 198 valence electrons. The Hall–Kier alpha value is -4.14. The van der Waals surface area contributed by atoms with Gasteiger partial charge in [0.1, 0.15) is 43.4 Å². The Morgan fingerprint density at radius 1 is 1.13 bits per heavy atom. The molecule has 1 aliphatic heterocycles. The third-order valence-electron chi connectivity index (χ3n) is 5.66. The summed E-state index contributed by atoms with van der Waals surface area (Å²) in [5.41, 5.74) is 1.20. The van der Waals surface area contributed by atoms with Gasteiger partial charge in [-0.05, 0) is 48.5 Å². The Labute approximate surface area is 234 Å². The van der Waals surface area contributed by atoms with Gasteiger partial charge in [0.05, 0.1) is 17.3 Å². The van der Waals surface area contributed by atoms with Gasteiger partial charge in [0.25, 0.3) is 0 Å². The first-order valence-electron chi connectivity index (χ1n) is 11.8. The molecule has 3 aromatic carbocycles. The summed E-state index contributed by atoms with van der Waals surface area (Å²) in [6.07, 6.45) is 4.46. The van der Waals surface area contributed by atoms with E-state index in [1.165, 1.54) is 6.33 Å². The Morgan fingerprint density at radius 3 is 2.67 bits per heavy atom. The highest BCUT2D eigenvalue weighted by molar-refractivity contribution is 6.35. The summed E-state index contributed by atoms with van der Waals surface area (Å²) in [7, 11) is 0. The van der Waals surface area contributed by atoms with Crippen LogP contribution in [0.15, 0.2) is 90.4 Å². The van der Waals surface area contributed by atoms with Crippen LogP contribution >= 0.6 is 23.2 Å². The van der Waals surface area contributed by atoms with E-state index in [1.807, 2.05) is 24.4 Å². The molecule has 0 amide bonds. The van der Waals surface area contributed by atoms with E-state index < -0.39 is 5.79 Å². The molecule has 0 saturated carbocycles. The average molecular weight is 565 g/mol. The molecule has 39 heavy (non-hydrogen) atoms. The SMILES string of the molecule is N#CNC(=Nc1ccc(OCC2COC(Cn3cncn3)(c3ccc(Cl)cc3Cl)O2)cc1)Oc1ccccc1. The molecule has 0 aliphatic carbocycles. The Balaban J connectivity index is 1.24. The van der Waals surface area contributed by atoms with E-state index in [4.69, 9.17) is 47.4 Å². The second-order valence-corrected chi connectivity index (χ2v) is 9.24. The first-order chi connectivity index (χ1) is 19.0. The Morgan fingerprint density at radius 2 is 1.95 bits per heavy atom. The van der Waals surface area contributed by atoms with Crippen LogP contribution in [0.4, 0.5) is 5.69 Å². The maximum absolute atomic E-state index is 9.03. The van der Waals surface area contributed by atoms with Gasteiger partial charge in [0.2, 0.25) is 5.79 Å². The van der Waals surface area contributed by atoms with Crippen molar-refractivity contribution in [3.8, 4) is 17.7 Å². The lowest BCUT2D eigenvalue weighted by Crippen LogP contribution is -2.35. The third-order valence-corrected chi connectivity index (χ3v) is 6.21. The molecule has 0 spiro atoms. The molecule has 1 N–H and O–H groups in total. The van der Waals surface area contributed by atoms with Crippen molar-refractivity contribution in [1.82, 2.24) is 20.1 Å². The van der Waals surface area contributed by atoms with Crippen LogP contribution < -0.4 is 14.8 Å². The molecule has 2 heterocycles. The second kappa shape index (κ2) is 12.1. The zero-order valence-electron chi connectivity index (χ0n) is 20.4. The molecule has 2 atom stereocenters. The third kappa shape index (κ3) is 6.66. The highest BCUT2D eigenvalue weighted by Gasteiger charge is 2.45. The number of hydrogen-bond acceptors (Lipinski definition) is 8. The molecular formula is C27H22Cl2N6O4. The first kappa shape index (κ1) is 26.5. The zero-order chi connectivity index (χ0) is 27.1. The minimum absolute atomic E-state index is 0.0541. The van der Waals surface area contributed by atoms with Crippen LogP contribution in [0.5, 0.6) is 11.5 Å². The number of ether oxygens (including phenoxy) is 4. The van der Waals surface area contributed by atoms with Crippen LogP contribution in [-0.4, -0.2) is 40.1 Å². The molecule has 1 saturated heterocycles. The normalized spacial score (nSPS) is 18.9. The summed E-state index contributed by atoms with van der Waals surface area (Å²) in [4.78, 5) is 8.35. The molecule has 5 rings (SSSR count). The van der Waals surface area contributed by atoms with Crippen LogP contribution in [0.1, 0.15) is 5.56 Å². The number of para-hydroxylation sites is 1. The van der Waals surface area contributed by atoms with Gasteiger partial charge in [-0.15, -0.1) is 0 Å². The van der Waals surface area contributed by atoms with Crippen LogP contribution in [0.2, 0.25) is 10.0 Å². The van der Waals surface area contributed by atoms with Gasteiger partial charge in [-0.25, -0.2) is 15.0 Å². The molecule has 12 heteroatoms. The van der Waals surface area contributed by atoms with Gasteiger partial charge in [0.15, 0.2) is 6.19 Å². The number of halogens is 2. The predicted molar refractivity (Wildman–Crippen MR) is 144 cm³/mol. The van der Waals surface area contributed by atoms with E-state index in [-0.39, 0.29) is 31.9 Å². The van der Waals surface area contributed by atoms with Crippen molar-refractivity contribution < 1.29 is 18.9 Å². The van der Waals surface area contributed by atoms with E-state index >= 15 is 0 Å². The van der Waals surface area contributed by atoms with Crippen molar-refractivity contribution in [1.29, 1.82) is 5.26 Å². The van der Waals surface area contributed by atoms with Crippen LogP contribution in [0.3, 0.4) is 0 Å². The fraction of sp³-hybridized carbons (Fsp3) is 0.185. The number of amidine groups is 1. The largest absolute Gasteiger partial charge is 0.491 e. The maximum atomic E-state index is 9.03. The van der Waals surface area contributed by atoms with E-state index in [0.717, 1.165) is 0 Å². The summed E-state index contributed by atoms with van der Waals surface area (Å²) < 4.78 is 25.8. The lowest BCUT2D eigenvalue weighted by atomic mass is 10.1. The van der Waals surface area contributed by atoms with E-state index in [2.05, 4.69) is 20.4 Å². The zero-order valence-corrected chi connectivity index (χ0v) is 21.9. The van der Waals surface area contributed by atoms with E-state index in [9.17, 15) is 0 Å². The van der Waals surface area contributed by atoms with Crippen molar-refractivity contribution in [2.45, 2.75) is 18.4 Å². The molecule has 1 aromatic heterocycles. The van der Waals surface area contributed by atoms with Gasteiger partial charge in [-0.3, -0.25) is 0 Å². The lowest BCUT2D eigenvalue weighted by Gasteiger charge is -2.29. The Kier molecular flexibility index (Phi) is 8.24. The molecule has 4 aromatic rings. The molecule has 1 fully saturated rings. The maximum Gasteiger partial charge on any atom is 0.309 e. The minimum atomic E-state index is -1.19. The fourth-order valence-corrected chi connectivity index (χ4v) is 4.48. The Bertz CT molecular complexity index is 1460. The van der Waals surface area contributed by atoms with Crippen molar-refractivity contribution in [3.63, 3.8) is 0 Å². The number of nitrogens with zero attached hydrogens (tertiary/aromatic N) is 5. The summed E-state index contributed by atoms with van der Waals surface area (Å²) in [6.45, 7) is 0.739. The number of aliphatic imine (C=N–C) groups is 1. The van der Waals surface area contributed by atoms with Crippen molar-refractivity contribution in [2.75, 3.05) is 13.2 Å². The topological polar surface area (TPSA) is 116 Å². The number of aromatic nitrogens is 3. The standard InChI is InChI=1S/C27H22Cl2N6O4/c28-19-6-11-24(25(29)12-19)27(15-35-18-31-17-33-35)37-14-23(39-27)13-36-21-9-7-20(8-10-21)34-26(32-16-30)38-22-4-2-1-3-5-22/h1-12,17-18,23H,13-15H2,(H,32,34). The summed E-state index contributed by atoms with van der Waals surface area (Å²) in [5.74, 6) is -0.0302. The fourth-order valence-electron chi connectivity index (χ4n) is 3.93. The van der Waals surface area contributed by atoms with E-state index in [0.29, 0.717) is 32.8 Å². The van der Waals surface area contributed by atoms with Gasteiger partial charge in [0, 0.05) is 10.6 Å². The highest BCUT2D eigenvalue weighted by atomic mass is 35.5. The van der Waals surface area contributed by atoms with Crippen molar-refractivity contribution in [3.05, 3.63) is 101 Å². The van der Waals surface area contributed by atoms with Crippen LogP contribution in [-0.2, 0) is 21.8 Å². The average Bonchev–Trinajstić information content (AvgIpc) is 3.60. The monoisotopic (exact) mass is 564 g/mol. The number of benzene rings is 3. The van der Waals surface area contributed by atoms with E-state index in [1.54, 1.807) is 65.6 Å². The van der Waals surface area contributed by atoms with Gasteiger partial charge < -0.3 is 18.9 Å². The minimum Gasteiger partial charge on any atom is -0.491 e. The number of nitriles is 1. The molecule has 0 radical (unpaired) electrons. The summed E-state index contributed by atoms with van der Waals surface area (Å²) in [5, 5.41) is 16.6. The molecule has 2 unspecified atom stereocenters. The summed E-state index contributed by atoms with van der Waals surface area (Å²) in [6, 6.07) is 21.3.